The van der Waals surface area contributed by atoms with Crippen molar-refractivity contribution in [1.29, 1.82) is 0 Å². The van der Waals surface area contributed by atoms with E-state index < -0.39 is 6.48 Å². The molecule has 1 aromatic rings. The van der Waals surface area contributed by atoms with Gasteiger partial charge in [-0.3, -0.25) is 0 Å². The summed E-state index contributed by atoms with van der Waals surface area (Å²) in [6.45, 7) is 1.68. The number of hydrogen-bond acceptors (Lipinski definition) is 3. The molecule has 0 bridgehead atoms. The molecule has 0 heterocycles. The van der Waals surface area contributed by atoms with Crippen LogP contribution >= 0.6 is 27.5 Å². The Morgan fingerprint density at radius 3 is 2.73 bits per heavy atom. The Bertz CT molecular complexity index is 320. The second-order valence-corrected chi connectivity index (χ2v) is 3.94. The van der Waals surface area contributed by atoms with Crippen molar-refractivity contribution in [3.8, 4) is 5.75 Å². The van der Waals surface area contributed by atoms with Gasteiger partial charge in [0.05, 0.1) is 11.6 Å². The Morgan fingerprint density at radius 2 is 2.20 bits per heavy atom. The summed E-state index contributed by atoms with van der Waals surface area (Å²) >= 11 is 9.20. The predicted molar refractivity (Wildman–Crippen MR) is 62.2 cm³/mol. The second-order valence-electron chi connectivity index (χ2n) is 2.67. The van der Waals surface area contributed by atoms with Gasteiger partial charge in [0.25, 0.3) is 0 Å². The maximum Gasteiger partial charge on any atom is 0.315 e. The van der Waals surface area contributed by atoms with Gasteiger partial charge in [-0.25, -0.2) is 0 Å². The highest BCUT2D eigenvalue weighted by molar-refractivity contribution is 9.10. The van der Waals surface area contributed by atoms with Crippen molar-refractivity contribution in [1.82, 2.24) is 0 Å². The first-order valence-electron chi connectivity index (χ1n) is 4.43. The zero-order chi connectivity index (χ0) is 11.3. The van der Waals surface area contributed by atoms with Crippen molar-refractivity contribution in [2.45, 2.75) is 13.4 Å². The average Bonchev–Trinajstić information content (AvgIpc) is 2.23. The van der Waals surface area contributed by atoms with Crippen LogP contribution in [0.1, 0.15) is 6.92 Å². The van der Waals surface area contributed by atoms with E-state index in [-0.39, 0.29) is 0 Å². The van der Waals surface area contributed by atoms with Gasteiger partial charge in [0, 0.05) is 17.6 Å². The van der Waals surface area contributed by atoms with Crippen LogP contribution in [0.4, 0.5) is 0 Å². The molecule has 0 saturated heterocycles. The molecule has 0 saturated carbocycles. The molecule has 0 aliphatic rings. The molecule has 84 valence electrons. The molecule has 0 radical (unpaired) electrons. The first-order valence-corrected chi connectivity index (χ1v) is 5.60. The van der Waals surface area contributed by atoms with Crippen LogP contribution in [-0.4, -0.2) is 20.2 Å². The number of benzene rings is 1. The van der Waals surface area contributed by atoms with Gasteiger partial charge >= 0.3 is 6.48 Å². The Balaban J connectivity index is 2.66. The summed E-state index contributed by atoms with van der Waals surface area (Å²) in [6.07, 6.45) is 0. The molecule has 0 N–H and O–H groups in total. The van der Waals surface area contributed by atoms with E-state index in [1.165, 1.54) is 7.11 Å². The highest BCUT2D eigenvalue weighted by Gasteiger charge is 2.09. The zero-order valence-corrected chi connectivity index (χ0v) is 10.8. The topological polar surface area (TPSA) is 27.7 Å². The maximum absolute atomic E-state index is 5.91. The van der Waals surface area contributed by atoms with Crippen molar-refractivity contribution in [2.75, 3.05) is 13.7 Å². The molecule has 5 heteroatoms. The molecule has 1 unspecified atom stereocenters. The molecule has 0 amide bonds. The standard InChI is InChI=1S/C10H12BrClO3/c1-3-14-10(13-2)15-7-4-5-8(11)9(12)6-7/h4-6,10H,3H2,1-2H3. The van der Waals surface area contributed by atoms with E-state index in [1.54, 1.807) is 18.2 Å². The molecular formula is C10H12BrClO3. The second kappa shape index (κ2) is 6.33. The fourth-order valence-corrected chi connectivity index (χ4v) is 1.36. The van der Waals surface area contributed by atoms with Crippen molar-refractivity contribution in [3.05, 3.63) is 27.7 Å². The smallest absolute Gasteiger partial charge is 0.315 e. The van der Waals surface area contributed by atoms with Gasteiger partial charge in [0.2, 0.25) is 0 Å². The summed E-state index contributed by atoms with van der Waals surface area (Å²) in [5, 5.41) is 0.582. The van der Waals surface area contributed by atoms with Crippen LogP contribution in [0.5, 0.6) is 5.75 Å². The number of rotatable bonds is 5. The lowest BCUT2D eigenvalue weighted by Gasteiger charge is -2.16. The number of hydrogen-bond donors (Lipinski definition) is 0. The molecule has 1 rings (SSSR count). The highest BCUT2D eigenvalue weighted by Crippen LogP contribution is 2.27. The monoisotopic (exact) mass is 294 g/mol. The molecule has 0 spiro atoms. The highest BCUT2D eigenvalue weighted by atomic mass is 79.9. The molecule has 0 aromatic heterocycles. The number of methoxy groups -OCH3 is 1. The summed E-state index contributed by atoms with van der Waals surface area (Å²) in [4.78, 5) is 0. The quantitative estimate of drug-likeness (QED) is 0.779. The fraction of sp³-hybridized carbons (Fsp3) is 0.400. The van der Waals surface area contributed by atoms with E-state index in [0.717, 1.165) is 4.47 Å². The largest absolute Gasteiger partial charge is 0.441 e. The van der Waals surface area contributed by atoms with Gasteiger partial charge in [-0.2, -0.15) is 0 Å². The number of halogens is 2. The van der Waals surface area contributed by atoms with E-state index in [2.05, 4.69) is 15.9 Å². The minimum atomic E-state index is -0.702. The molecule has 0 aliphatic heterocycles. The molecule has 0 aliphatic carbocycles. The lowest BCUT2D eigenvalue weighted by molar-refractivity contribution is -0.231. The van der Waals surface area contributed by atoms with Gasteiger partial charge in [-0.1, -0.05) is 11.6 Å². The lowest BCUT2D eigenvalue weighted by Crippen LogP contribution is -2.22. The van der Waals surface area contributed by atoms with Crippen molar-refractivity contribution in [3.63, 3.8) is 0 Å². The maximum atomic E-state index is 5.91. The van der Waals surface area contributed by atoms with Crippen LogP contribution in [0.15, 0.2) is 22.7 Å². The van der Waals surface area contributed by atoms with E-state index in [4.69, 9.17) is 25.8 Å². The third-order valence-corrected chi connectivity index (χ3v) is 2.85. The first kappa shape index (κ1) is 12.8. The molecule has 1 atom stereocenters. The van der Waals surface area contributed by atoms with E-state index in [9.17, 15) is 0 Å². The summed E-state index contributed by atoms with van der Waals surface area (Å²) in [5.74, 6) is 0.600. The normalized spacial score (nSPS) is 12.5. The Morgan fingerprint density at radius 1 is 1.47 bits per heavy atom. The van der Waals surface area contributed by atoms with Crippen LogP contribution < -0.4 is 4.74 Å². The Hall–Kier alpha value is -0.290. The summed E-state index contributed by atoms with van der Waals surface area (Å²) in [7, 11) is 1.51. The van der Waals surface area contributed by atoms with E-state index in [1.807, 2.05) is 6.92 Å². The first-order chi connectivity index (χ1) is 7.17. The predicted octanol–water partition coefficient (Wildman–Crippen LogP) is 3.45. The van der Waals surface area contributed by atoms with Crippen molar-refractivity contribution in [2.24, 2.45) is 0 Å². The molecule has 15 heavy (non-hydrogen) atoms. The van der Waals surface area contributed by atoms with Crippen LogP contribution in [0.2, 0.25) is 5.02 Å². The Labute approximate surface area is 102 Å². The summed E-state index contributed by atoms with van der Waals surface area (Å²) < 4.78 is 16.3. The van der Waals surface area contributed by atoms with Crippen LogP contribution in [0.25, 0.3) is 0 Å². The van der Waals surface area contributed by atoms with E-state index in [0.29, 0.717) is 17.4 Å². The van der Waals surface area contributed by atoms with Gasteiger partial charge in [-0.05, 0) is 35.0 Å². The summed E-state index contributed by atoms with van der Waals surface area (Å²) in [5.41, 5.74) is 0. The Kier molecular flexibility index (Phi) is 5.39. The van der Waals surface area contributed by atoms with Gasteiger partial charge in [-0.15, -0.1) is 0 Å². The minimum Gasteiger partial charge on any atom is -0.441 e. The number of ether oxygens (including phenoxy) is 3. The lowest BCUT2D eigenvalue weighted by atomic mass is 10.3. The molecule has 1 aromatic carbocycles. The van der Waals surface area contributed by atoms with Gasteiger partial charge < -0.3 is 14.2 Å². The molecule has 3 nitrogen and oxygen atoms in total. The van der Waals surface area contributed by atoms with E-state index >= 15 is 0 Å². The zero-order valence-electron chi connectivity index (χ0n) is 8.50. The average molecular weight is 296 g/mol. The minimum absolute atomic E-state index is 0.517. The molecular weight excluding hydrogens is 283 g/mol. The summed E-state index contributed by atoms with van der Waals surface area (Å²) in [6, 6.07) is 5.27. The van der Waals surface area contributed by atoms with Gasteiger partial charge in [0.1, 0.15) is 5.75 Å². The third-order valence-electron chi connectivity index (χ3n) is 1.62. The molecule has 0 fully saturated rings. The van der Waals surface area contributed by atoms with Crippen molar-refractivity contribution < 1.29 is 14.2 Å². The SMILES string of the molecule is CCOC(OC)Oc1ccc(Br)c(Cl)c1. The van der Waals surface area contributed by atoms with Crippen LogP contribution in [0, 0.1) is 0 Å². The van der Waals surface area contributed by atoms with Crippen LogP contribution in [0.3, 0.4) is 0 Å². The van der Waals surface area contributed by atoms with Gasteiger partial charge in [0.15, 0.2) is 0 Å². The fourth-order valence-electron chi connectivity index (χ4n) is 0.948. The third kappa shape index (κ3) is 3.99. The van der Waals surface area contributed by atoms with Crippen LogP contribution in [-0.2, 0) is 9.47 Å². The van der Waals surface area contributed by atoms with Crippen molar-refractivity contribution >= 4 is 27.5 Å².